The number of rotatable bonds is 1. The maximum atomic E-state index is 6.08. The minimum absolute atomic E-state index is 0.312. The first-order valence-corrected chi connectivity index (χ1v) is 10.1. The summed E-state index contributed by atoms with van der Waals surface area (Å²) in [6.45, 7) is 2.17. The van der Waals surface area contributed by atoms with E-state index in [1.54, 1.807) is 0 Å². The van der Waals surface area contributed by atoms with E-state index in [0.717, 1.165) is 5.69 Å². The van der Waals surface area contributed by atoms with Gasteiger partial charge in [-0.25, -0.2) is 0 Å². The van der Waals surface area contributed by atoms with E-state index in [4.69, 9.17) is 5.73 Å². The zero-order chi connectivity index (χ0) is 17.6. The van der Waals surface area contributed by atoms with Crippen LogP contribution in [-0.4, -0.2) is 28.6 Å². The molecule has 0 amide bonds. The Bertz CT molecular complexity index is 1130. The zero-order valence-corrected chi connectivity index (χ0v) is 16.4. The van der Waals surface area contributed by atoms with Crippen LogP contribution in [-0.2, 0) is 0 Å². The van der Waals surface area contributed by atoms with Crippen LogP contribution in [0.5, 0.6) is 0 Å². The van der Waals surface area contributed by atoms with Gasteiger partial charge in [0.2, 0.25) is 0 Å². The standard InChI is InChI=1S/C22H21N2Se/c1-14-7-9-18-20(11-14)25-21-13-17(24(2)3)8-10-19(21)22(18)15-5-4-6-16(23)12-15/h4-13H,23H2,1-3H3/q+1. The van der Waals surface area contributed by atoms with E-state index in [1.165, 1.54) is 41.7 Å². The Morgan fingerprint density at radius 1 is 0.920 bits per heavy atom. The molecule has 1 aliphatic heterocycles. The predicted molar refractivity (Wildman–Crippen MR) is 109 cm³/mol. The van der Waals surface area contributed by atoms with Crippen LogP contribution in [0.1, 0.15) is 5.56 Å². The fraction of sp³-hybridized carbons (Fsp3) is 0.136. The van der Waals surface area contributed by atoms with Crippen LogP contribution < -0.4 is 15.7 Å². The molecule has 3 heteroatoms. The van der Waals surface area contributed by atoms with Gasteiger partial charge in [0, 0.05) is 0 Å². The number of aryl methyl sites for hydroxylation is 1. The van der Waals surface area contributed by atoms with E-state index < -0.39 is 0 Å². The zero-order valence-electron chi connectivity index (χ0n) is 14.7. The first kappa shape index (κ1) is 16.1. The second kappa shape index (κ2) is 6.18. The summed E-state index contributed by atoms with van der Waals surface area (Å²) in [6, 6.07) is 21.9. The van der Waals surface area contributed by atoms with Crippen molar-refractivity contribution in [2.75, 3.05) is 19.8 Å². The molecular formula is C22H21N2Se+. The minimum atomic E-state index is 0.312. The summed E-state index contributed by atoms with van der Waals surface area (Å²) in [5.74, 6) is 0. The molecule has 0 saturated heterocycles. The Morgan fingerprint density at radius 3 is 2.52 bits per heavy atom. The Morgan fingerprint density at radius 2 is 1.76 bits per heavy atom. The predicted octanol–water partition coefficient (Wildman–Crippen LogP) is 3.59. The van der Waals surface area contributed by atoms with Gasteiger partial charge in [0.15, 0.2) is 0 Å². The van der Waals surface area contributed by atoms with Gasteiger partial charge in [-0.15, -0.1) is 0 Å². The van der Waals surface area contributed by atoms with Gasteiger partial charge in [-0.2, -0.15) is 0 Å². The molecular weight excluding hydrogens is 371 g/mol. The fourth-order valence-corrected chi connectivity index (χ4v) is 5.83. The van der Waals surface area contributed by atoms with Crippen molar-refractivity contribution in [1.82, 2.24) is 4.58 Å². The van der Waals surface area contributed by atoms with Crippen LogP contribution in [0.4, 0.5) is 5.69 Å². The molecule has 0 unspecified atom stereocenters. The summed E-state index contributed by atoms with van der Waals surface area (Å²) in [5.41, 5.74) is 12.0. The van der Waals surface area contributed by atoms with Crippen LogP contribution in [0, 0.1) is 6.92 Å². The molecule has 2 N–H and O–H groups in total. The average Bonchev–Trinajstić information content (AvgIpc) is 2.58. The molecule has 25 heavy (non-hydrogen) atoms. The summed E-state index contributed by atoms with van der Waals surface area (Å²) in [6.07, 6.45) is 0. The van der Waals surface area contributed by atoms with E-state index in [9.17, 15) is 0 Å². The molecule has 0 fully saturated rings. The van der Waals surface area contributed by atoms with Crippen LogP contribution >= 0.6 is 0 Å². The van der Waals surface area contributed by atoms with Crippen molar-refractivity contribution in [3.8, 4) is 21.1 Å². The molecule has 0 radical (unpaired) electrons. The molecule has 2 aromatic carbocycles. The maximum absolute atomic E-state index is 6.08. The monoisotopic (exact) mass is 393 g/mol. The normalized spacial score (nSPS) is 11.2. The first-order chi connectivity index (χ1) is 12.0. The molecule has 0 saturated carbocycles. The molecule has 0 atom stereocenters. The molecule has 0 spiro atoms. The van der Waals surface area contributed by atoms with Crippen LogP contribution in [0.15, 0.2) is 60.7 Å². The summed E-state index contributed by atoms with van der Waals surface area (Å²) in [7, 11) is 4.19. The van der Waals surface area contributed by atoms with E-state index in [-0.39, 0.29) is 0 Å². The number of nitrogens with two attached hydrogens (primary N) is 1. The molecule has 1 heterocycles. The van der Waals surface area contributed by atoms with Crippen molar-refractivity contribution < 1.29 is 0 Å². The summed E-state index contributed by atoms with van der Waals surface area (Å²) >= 11 is 0.312. The van der Waals surface area contributed by atoms with Crippen molar-refractivity contribution in [3.63, 3.8) is 0 Å². The number of nitrogens with zero attached hydrogens (tertiary/aromatic N) is 1. The number of benzene rings is 3. The fourth-order valence-electron chi connectivity index (χ4n) is 3.27. The first-order valence-electron chi connectivity index (χ1n) is 8.36. The van der Waals surface area contributed by atoms with Gasteiger partial charge in [-0.05, 0) is 0 Å². The van der Waals surface area contributed by atoms with Crippen LogP contribution in [0.25, 0.3) is 30.8 Å². The van der Waals surface area contributed by atoms with Gasteiger partial charge in [-0.3, -0.25) is 0 Å². The SMILES string of the molecule is Cc1ccc2c(-c3cccc(N)c3)c3ccc(=[N+](C)C)cc-3[se]c2c1. The van der Waals surface area contributed by atoms with E-state index in [0.29, 0.717) is 14.5 Å². The van der Waals surface area contributed by atoms with Gasteiger partial charge < -0.3 is 0 Å². The van der Waals surface area contributed by atoms with Crippen LogP contribution in [0.2, 0.25) is 0 Å². The van der Waals surface area contributed by atoms with E-state index in [2.05, 4.69) is 74.1 Å². The van der Waals surface area contributed by atoms with Gasteiger partial charge >= 0.3 is 154 Å². The van der Waals surface area contributed by atoms with Crippen molar-refractivity contribution in [1.29, 1.82) is 0 Å². The molecule has 124 valence electrons. The second-order valence-corrected chi connectivity index (χ2v) is 8.95. The summed E-state index contributed by atoms with van der Waals surface area (Å²) in [4.78, 5) is 0. The topological polar surface area (TPSA) is 29.0 Å². The van der Waals surface area contributed by atoms with Gasteiger partial charge in [-0.1, -0.05) is 0 Å². The molecule has 4 rings (SSSR count). The number of nitrogen functional groups attached to an aromatic ring is 1. The van der Waals surface area contributed by atoms with Crippen molar-refractivity contribution in [2.24, 2.45) is 0 Å². The van der Waals surface area contributed by atoms with E-state index >= 15 is 0 Å². The quantitative estimate of drug-likeness (QED) is 0.228. The number of fused-ring (bicyclic) bond motifs is 2. The number of hydrogen-bond donors (Lipinski definition) is 1. The third-order valence-corrected chi connectivity index (χ3v) is 6.89. The average molecular weight is 392 g/mol. The Hall–Kier alpha value is -2.35. The summed E-state index contributed by atoms with van der Waals surface area (Å²) < 4.78 is 5.06. The molecule has 0 aromatic heterocycles. The van der Waals surface area contributed by atoms with Gasteiger partial charge in [0.25, 0.3) is 0 Å². The summed E-state index contributed by atoms with van der Waals surface area (Å²) in [5, 5.41) is 2.60. The van der Waals surface area contributed by atoms with Gasteiger partial charge in [0.1, 0.15) is 0 Å². The number of hydrogen-bond acceptors (Lipinski definition) is 1. The van der Waals surface area contributed by atoms with Crippen molar-refractivity contribution in [3.05, 3.63) is 71.6 Å². The molecule has 1 aliphatic carbocycles. The van der Waals surface area contributed by atoms with Gasteiger partial charge in [0.05, 0.1) is 0 Å². The second-order valence-electron chi connectivity index (χ2n) is 6.68. The van der Waals surface area contributed by atoms with Crippen LogP contribution in [0.3, 0.4) is 0 Å². The number of anilines is 1. The molecule has 0 bridgehead atoms. The Kier molecular flexibility index (Phi) is 3.99. The van der Waals surface area contributed by atoms with E-state index in [1.807, 2.05) is 12.1 Å². The molecule has 2 nitrogen and oxygen atoms in total. The van der Waals surface area contributed by atoms with Crippen molar-refractivity contribution >= 4 is 29.8 Å². The Balaban J connectivity index is 2.19. The third kappa shape index (κ3) is 2.90. The third-order valence-electron chi connectivity index (χ3n) is 4.55. The van der Waals surface area contributed by atoms with Crippen molar-refractivity contribution in [2.45, 2.75) is 6.92 Å². The molecule has 2 aliphatic rings. The molecule has 2 aromatic rings. The Labute approximate surface area is 154 Å².